The summed E-state index contributed by atoms with van der Waals surface area (Å²) in [5, 5.41) is 3.28. The highest BCUT2D eigenvalue weighted by Gasteiger charge is 2.20. The molecule has 0 aliphatic carbocycles. The van der Waals surface area contributed by atoms with E-state index in [9.17, 15) is 4.79 Å². The van der Waals surface area contributed by atoms with Crippen molar-refractivity contribution in [1.82, 2.24) is 9.88 Å². The van der Waals surface area contributed by atoms with E-state index in [1.807, 2.05) is 19.2 Å². The number of amides is 1. The molecule has 1 N–H and O–H groups in total. The third-order valence-electron chi connectivity index (χ3n) is 3.69. The van der Waals surface area contributed by atoms with E-state index in [0.29, 0.717) is 11.6 Å². The lowest BCUT2D eigenvalue weighted by Gasteiger charge is -2.27. The van der Waals surface area contributed by atoms with Crippen molar-refractivity contribution in [3.05, 3.63) is 24.0 Å². The third-order valence-corrected chi connectivity index (χ3v) is 3.69. The average molecular weight is 291 g/mol. The molecule has 0 radical (unpaired) electrons. The lowest BCUT2D eigenvalue weighted by Crippen LogP contribution is -2.35. The van der Waals surface area contributed by atoms with Gasteiger partial charge >= 0.3 is 0 Å². The molecule has 1 fully saturated rings. The van der Waals surface area contributed by atoms with E-state index in [4.69, 9.17) is 4.74 Å². The Kier molecular flexibility index (Phi) is 5.99. The third kappa shape index (κ3) is 4.70. The standard InChI is InChI=1S/C16H25N3O2/c1-3-7-17-14-6-8-18-15(10-14)16(20)19(2)11-13-5-4-9-21-12-13/h6,8,10,13H,3-5,7,9,11-12H2,1-2H3,(H,17,18). The van der Waals surface area contributed by atoms with E-state index in [-0.39, 0.29) is 5.91 Å². The zero-order valence-electron chi connectivity index (χ0n) is 13.0. The molecule has 0 spiro atoms. The molecule has 1 aliphatic heterocycles. The number of anilines is 1. The van der Waals surface area contributed by atoms with Crippen molar-refractivity contribution in [3.8, 4) is 0 Å². The molecule has 1 saturated heterocycles. The monoisotopic (exact) mass is 291 g/mol. The van der Waals surface area contributed by atoms with Crippen LogP contribution in [0, 0.1) is 5.92 Å². The topological polar surface area (TPSA) is 54.5 Å². The molecule has 1 amide bonds. The molecule has 0 saturated carbocycles. The smallest absolute Gasteiger partial charge is 0.272 e. The lowest BCUT2D eigenvalue weighted by molar-refractivity contribution is 0.0387. The van der Waals surface area contributed by atoms with E-state index >= 15 is 0 Å². The van der Waals surface area contributed by atoms with Crippen LogP contribution in [0.5, 0.6) is 0 Å². The van der Waals surface area contributed by atoms with Crippen molar-refractivity contribution >= 4 is 11.6 Å². The van der Waals surface area contributed by atoms with Gasteiger partial charge in [-0.15, -0.1) is 0 Å². The van der Waals surface area contributed by atoms with Crippen LogP contribution in [-0.2, 0) is 4.74 Å². The van der Waals surface area contributed by atoms with Crippen molar-refractivity contribution in [2.75, 3.05) is 38.7 Å². The molecule has 5 nitrogen and oxygen atoms in total. The van der Waals surface area contributed by atoms with Crippen molar-refractivity contribution in [1.29, 1.82) is 0 Å². The summed E-state index contributed by atoms with van der Waals surface area (Å²) in [6, 6.07) is 3.72. The molecule has 0 bridgehead atoms. The summed E-state index contributed by atoms with van der Waals surface area (Å²) in [4.78, 5) is 18.4. The number of pyridine rings is 1. The SMILES string of the molecule is CCCNc1ccnc(C(=O)N(C)CC2CCCOC2)c1. The summed E-state index contributed by atoms with van der Waals surface area (Å²) in [5.74, 6) is 0.412. The quantitative estimate of drug-likeness (QED) is 0.874. The normalized spacial score (nSPS) is 18.3. The Morgan fingerprint density at radius 2 is 2.43 bits per heavy atom. The maximum absolute atomic E-state index is 12.4. The van der Waals surface area contributed by atoms with Gasteiger partial charge in [0.25, 0.3) is 5.91 Å². The Morgan fingerprint density at radius 3 is 3.14 bits per heavy atom. The summed E-state index contributed by atoms with van der Waals surface area (Å²) >= 11 is 0. The molecule has 1 atom stereocenters. The summed E-state index contributed by atoms with van der Waals surface area (Å²) in [6.45, 7) is 5.34. The molecular formula is C16H25N3O2. The number of ether oxygens (including phenoxy) is 1. The van der Waals surface area contributed by atoms with Crippen LogP contribution < -0.4 is 5.32 Å². The van der Waals surface area contributed by atoms with Gasteiger partial charge in [-0.25, -0.2) is 0 Å². The Hall–Kier alpha value is -1.62. The first-order chi connectivity index (χ1) is 10.2. The fourth-order valence-electron chi connectivity index (χ4n) is 2.54. The van der Waals surface area contributed by atoms with Crippen LogP contribution in [0.2, 0.25) is 0 Å². The maximum atomic E-state index is 12.4. The first-order valence-corrected chi connectivity index (χ1v) is 7.74. The van der Waals surface area contributed by atoms with Gasteiger partial charge in [0.15, 0.2) is 0 Å². The molecule has 1 aromatic heterocycles. The molecule has 2 heterocycles. The minimum absolute atomic E-state index is 0.0271. The number of hydrogen-bond donors (Lipinski definition) is 1. The average Bonchev–Trinajstić information content (AvgIpc) is 2.53. The van der Waals surface area contributed by atoms with Crippen LogP contribution in [0.3, 0.4) is 0 Å². The highest BCUT2D eigenvalue weighted by Crippen LogP contribution is 2.16. The van der Waals surface area contributed by atoms with Crippen LogP contribution >= 0.6 is 0 Å². The predicted octanol–water partition coefficient (Wildman–Crippen LogP) is 2.40. The van der Waals surface area contributed by atoms with Crippen LogP contribution in [-0.4, -0.2) is 49.1 Å². The number of rotatable bonds is 6. The van der Waals surface area contributed by atoms with Crippen molar-refractivity contribution < 1.29 is 9.53 Å². The van der Waals surface area contributed by atoms with E-state index in [1.165, 1.54) is 0 Å². The van der Waals surface area contributed by atoms with Gasteiger partial charge in [0, 0.05) is 38.6 Å². The van der Waals surface area contributed by atoms with Gasteiger partial charge in [-0.1, -0.05) is 6.92 Å². The van der Waals surface area contributed by atoms with Gasteiger partial charge in [0.2, 0.25) is 0 Å². The molecule has 1 unspecified atom stereocenters. The Morgan fingerprint density at radius 1 is 1.57 bits per heavy atom. The largest absolute Gasteiger partial charge is 0.385 e. The van der Waals surface area contributed by atoms with Gasteiger partial charge in [0.05, 0.1) is 6.61 Å². The zero-order valence-corrected chi connectivity index (χ0v) is 13.0. The molecule has 116 valence electrons. The van der Waals surface area contributed by atoms with Gasteiger partial charge in [0.1, 0.15) is 5.69 Å². The predicted molar refractivity (Wildman–Crippen MR) is 83.5 cm³/mol. The zero-order chi connectivity index (χ0) is 15.1. The number of nitrogens with zero attached hydrogens (tertiary/aromatic N) is 2. The van der Waals surface area contributed by atoms with Gasteiger partial charge in [-0.2, -0.15) is 0 Å². The fourth-order valence-corrected chi connectivity index (χ4v) is 2.54. The van der Waals surface area contributed by atoms with Crippen LogP contribution in [0.4, 0.5) is 5.69 Å². The van der Waals surface area contributed by atoms with E-state index in [1.54, 1.807) is 11.1 Å². The van der Waals surface area contributed by atoms with Crippen LogP contribution in [0.25, 0.3) is 0 Å². The summed E-state index contributed by atoms with van der Waals surface area (Å²) < 4.78 is 5.47. The molecule has 1 aromatic rings. The Labute approximate surface area is 126 Å². The van der Waals surface area contributed by atoms with Gasteiger partial charge in [-0.3, -0.25) is 9.78 Å². The summed E-state index contributed by atoms with van der Waals surface area (Å²) in [6.07, 6.45) is 4.94. The van der Waals surface area contributed by atoms with Crippen molar-refractivity contribution in [3.63, 3.8) is 0 Å². The van der Waals surface area contributed by atoms with Crippen molar-refractivity contribution in [2.24, 2.45) is 5.92 Å². The lowest BCUT2D eigenvalue weighted by atomic mass is 10.0. The van der Waals surface area contributed by atoms with E-state index in [0.717, 1.165) is 51.3 Å². The minimum Gasteiger partial charge on any atom is -0.385 e. The highest BCUT2D eigenvalue weighted by molar-refractivity contribution is 5.92. The molecule has 1 aliphatic rings. The fraction of sp³-hybridized carbons (Fsp3) is 0.625. The van der Waals surface area contributed by atoms with Gasteiger partial charge < -0.3 is 15.0 Å². The molecule has 2 rings (SSSR count). The number of hydrogen-bond acceptors (Lipinski definition) is 4. The summed E-state index contributed by atoms with van der Waals surface area (Å²) in [7, 11) is 1.84. The Bertz CT molecular complexity index is 459. The number of aromatic nitrogens is 1. The second-order valence-corrected chi connectivity index (χ2v) is 5.63. The number of carbonyl (C=O) groups is 1. The highest BCUT2D eigenvalue weighted by atomic mass is 16.5. The molecule has 21 heavy (non-hydrogen) atoms. The summed E-state index contributed by atoms with van der Waals surface area (Å²) in [5.41, 5.74) is 1.44. The minimum atomic E-state index is -0.0271. The van der Waals surface area contributed by atoms with Crippen molar-refractivity contribution in [2.45, 2.75) is 26.2 Å². The van der Waals surface area contributed by atoms with Gasteiger partial charge in [-0.05, 0) is 37.3 Å². The second-order valence-electron chi connectivity index (χ2n) is 5.63. The number of carbonyl (C=O) groups excluding carboxylic acids is 1. The molecular weight excluding hydrogens is 266 g/mol. The maximum Gasteiger partial charge on any atom is 0.272 e. The second kappa shape index (κ2) is 7.98. The molecule has 5 heteroatoms. The van der Waals surface area contributed by atoms with Crippen LogP contribution in [0.15, 0.2) is 18.3 Å². The number of nitrogens with one attached hydrogen (secondary N) is 1. The van der Waals surface area contributed by atoms with Crippen LogP contribution in [0.1, 0.15) is 36.7 Å². The first-order valence-electron chi connectivity index (χ1n) is 7.74. The Balaban J connectivity index is 1.94. The first kappa shape index (κ1) is 15.8. The van der Waals surface area contributed by atoms with E-state index in [2.05, 4.69) is 17.2 Å². The molecule has 0 aromatic carbocycles. The van der Waals surface area contributed by atoms with E-state index < -0.39 is 0 Å².